The number of piperidine rings is 1. The Kier molecular flexibility index (Phi) is 4.85. The van der Waals surface area contributed by atoms with Crippen LogP contribution in [0.3, 0.4) is 0 Å². The van der Waals surface area contributed by atoms with Crippen molar-refractivity contribution in [3.05, 3.63) is 22.4 Å². The number of hydrogen-bond acceptors (Lipinski definition) is 4. The van der Waals surface area contributed by atoms with Gasteiger partial charge < -0.3 is 5.11 Å². The van der Waals surface area contributed by atoms with Gasteiger partial charge in [0, 0.05) is 13.1 Å². The van der Waals surface area contributed by atoms with Crippen LogP contribution in [-0.2, 0) is 11.3 Å². The Hall–Kier alpha value is -0.910. The number of carboxylic acids is 1. The zero-order valence-corrected chi connectivity index (χ0v) is 14.1. The Bertz CT molecular complexity index is 495. The second-order valence-electron chi connectivity index (χ2n) is 6.94. The first-order chi connectivity index (χ1) is 10.6. The van der Waals surface area contributed by atoms with Crippen LogP contribution < -0.4 is 0 Å². The molecule has 2 aliphatic heterocycles. The van der Waals surface area contributed by atoms with Gasteiger partial charge in [-0.3, -0.25) is 14.6 Å². The molecule has 0 unspecified atom stereocenters. The lowest BCUT2D eigenvalue weighted by Crippen LogP contribution is -2.41. The normalized spacial score (nSPS) is 25.8. The van der Waals surface area contributed by atoms with Gasteiger partial charge >= 0.3 is 5.97 Å². The SMILES string of the molecule is CCCN1CC2(CCN(Cc3ccsc3)CC2)C[C@H]1C(=O)O. The number of aliphatic carboxylic acids is 1. The fourth-order valence-electron chi connectivity index (χ4n) is 4.10. The molecule has 4 nitrogen and oxygen atoms in total. The predicted molar refractivity (Wildman–Crippen MR) is 89.2 cm³/mol. The Morgan fingerprint density at radius 3 is 2.82 bits per heavy atom. The second-order valence-corrected chi connectivity index (χ2v) is 7.72. The van der Waals surface area contributed by atoms with E-state index in [4.69, 9.17) is 0 Å². The van der Waals surface area contributed by atoms with Gasteiger partial charge in [0.1, 0.15) is 6.04 Å². The summed E-state index contributed by atoms with van der Waals surface area (Å²) >= 11 is 1.76. The summed E-state index contributed by atoms with van der Waals surface area (Å²) < 4.78 is 0. The third-order valence-corrected chi connectivity index (χ3v) is 6.04. The van der Waals surface area contributed by atoms with Gasteiger partial charge in [0.05, 0.1) is 0 Å². The molecule has 0 amide bonds. The lowest BCUT2D eigenvalue weighted by molar-refractivity contribution is -0.142. The summed E-state index contributed by atoms with van der Waals surface area (Å²) in [5, 5.41) is 13.9. The largest absolute Gasteiger partial charge is 0.480 e. The number of carbonyl (C=O) groups is 1. The Morgan fingerprint density at radius 1 is 1.45 bits per heavy atom. The van der Waals surface area contributed by atoms with Gasteiger partial charge in [-0.1, -0.05) is 6.92 Å². The average Bonchev–Trinajstić information content (AvgIpc) is 3.11. The van der Waals surface area contributed by atoms with E-state index < -0.39 is 5.97 Å². The van der Waals surface area contributed by atoms with E-state index in [1.54, 1.807) is 11.3 Å². The summed E-state index contributed by atoms with van der Waals surface area (Å²) in [5.74, 6) is -0.633. The topological polar surface area (TPSA) is 43.8 Å². The van der Waals surface area contributed by atoms with Crippen molar-refractivity contribution in [2.24, 2.45) is 5.41 Å². The molecule has 3 rings (SSSR count). The van der Waals surface area contributed by atoms with Crippen molar-refractivity contribution in [2.45, 2.75) is 45.2 Å². The minimum Gasteiger partial charge on any atom is -0.480 e. The van der Waals surface area contributed by atoms with Crippen LogP contribution in [0.2, 0.25) is 0 Å². The minimum absolute atomic E-state index is 0.239. The molecule has 1 N–H and O–H groups in total. The molecule has 1 aromatic heterocycles. The van der Waals surface area contributed by atoms with Crippen molar-refractivity contribution in [1.82, 2.24) is 9.80 Å². The van der Waals surface area contributed by atoms with E-state index in [2.05, 4.69) is 33.6 Å². The molecular formula is C17H26N2O2S. The van der Waals surface area contributed by atoms with Gasteiger partial charge in [-0.25, -0.2) is 0 Å². The molecule has 0 bridgehead atoms. The number of hydrogen-bond donors (Lipinski definition) is 1. The van der Waals surface area contributed by atoms with Gasteiger partial charge in [0.2, 0.25) is 0 Å². The molecule has 22 heavy (non-hydrogen) atoms. The van der Waals surface area contributed by atoms with Crippen LogP contribution in [0, 0.1) is 5.41 Å². The van der Waals surface area contributed by atoms with Crippen molar-refractivity contribution < 1.29 is 9.90 Å². The number of nitrogens with zero attached hydrogens (tertiary/aromatic N) is 2. The fourth-order valence-corrected chi connectivity index (χ4v) is 4.76. The standard InChI is InChI=1S/C17H26N2O2S/c1-2-6-19-13-17(10-15(19)16(20)21)4-7-18(8-5-17)11-14-3-9-22-12-14/h3,9,12,15H,2,4-8,10-11,13H2,1H3,(H,20,21)/t15-/m0/s1. The number of thiophene rings is 1. The van der Waals surface area contributed by atoms with E-state index in [0.717, 1.165) is 58.4 Å². The monoisotopic (exact) mass is 322 g/mol. The molecule has 3 heterocycles. The van der Waals surface area contributed by atoms with Gasteiger partial charge in [-0.05, 0) is 73.1 Å². The molecule has 0 saturated carbocycles. The van der Waals surface area contributed by atoms with Gasteiger partial charge in [-0.15, -0.1) is 0 Å². The lowest BCUT2D eigenvalue weighted by Gasteiger charge is -2.39. The van der Waals surface area contributed by atoms with E-state index >= 15 is 0 Å². The molecule has 122 valence electrons. The first-order valence-electron chi connectivity index (χ1n) is 8.32. The van der Waals surface area contributed by atoms with Crippen molar-refractivity contribution in [1.29, 1.82) is 0 Å². The van der Waals surface area contributed by atoms with E-state index in [1.165, 1.54) is 5.56 Å². The highest BCUT2D eigenvalue weighted by Gasteiger charge is 2.47. The van der Waals surface area contributed by atoms with E-state index in [9.17, 15) is 9.90 Å². The molecule has 0 radical (unpaired) electrons. The molecule has 1 spiro atoms. The number of rotatable bonds is 5. The van der Waals surface area contributed by atoms with Gasteiger partial charge in [0.25, 0.3) is 0 Å². The zero-order chi connectivity index (χ0) is 15.6. The van der Waals surface area contributed by atoms with Crippen LogP contribution in [-0.4, -0.2) is 53.1 Å². The van der Waals surface area contributed by atoms with Crippen LogP contribution in [0.15, 0.2) is 16.8 Å². The highest BCUT2D eigenvalue weighted by molar-refractivity contribution is 7.07. The van der Waals surface area contributed by atoms with Crippen molar-refractivity contribution in [3.8, 4) is 0 Å². The van der Waals surface area contributed by atoms with Crippen molar-refractivity contribution >= 4 is 17.3 Å². The summed E-state index contributed by atoms with van der Waals surface area (Å²) in [7, 11) is 0. The van der Waals surface area contributed by atoms with Crippen molar-refractivity contribution in [2.75, 3.05) is 26.2 Å². The molecule has 2 aliphatic rings. The Balaban J connectivity index is 1.58. The third kappa shape index (κ3) is 3.36. The molecular weight excluding hydrogens is 296 g/mol. The minimum atomic E-state index is -0.633. The average molecular weight is 322 g/mol. The molecule has 0 aromatic carbocycles. The highest BCUT2D eigenvalue weighted by atomic mass is 32.1. The summed E-state index contributed by atoms with van der Waals surface area (Å²) in [5.41, 5.74) is 1.65. The maximum atomic E-state index is 11.5. The summed E-state index contributed by atoms with van der Waals surface area (Å²) in [6.07, 6.45) is 4.15. The number of likely N-dealkylation sites (tertiary alicyclic amines) is 2. The lowest BCUT2D eigenvalue weighted by atomic mass is 9.76. The van der Waals surface area contributed by atoms with Crippen LogP contribution in [0.25, 0.3) is 0 Å². The molecule has 1 atom stereocenters. The quantitative estimate of drug-likeness (QED) is 0.905. The molecule has 1 aromatic rings. The third-order valence-electron chi connectivity index (χ3n) is 5.30. The van der Waals surface area contributed by atoms with Gasteiger partial charge in [-0.2, -0.15) is 11.3 Å². The van der Waals surface area contributed by atoms with E-state index in [0.29, 0.717) is 0 Å². The predicted octanol–water partition coefficient (Wildman–Crippen LogP) is 2.90. The second kappa shape index (κ2) is 6.69. The summed E-state index contributed by atoms with van der Waals surface area (Å²) in [6.45, 7) is 7.26. The maximum Gasteiger partial charge on any atom is 0.320 e. The molecule has 0 aliphatic carbocycles. The first kappa shape index (κ1) is 16.0. The van der Waals surface area contributed by atoms with Gasteiger partial charge in [0.15, 0.2) is 0 Å². The first-order valence-corrected chi connectivity index (χ1v) is 9.26. The van der Waals surface area contributed by atoms with Crippen LogP contribution in [0.1, 0.15) is 38.2 Å². The molecule has 5 heteroatoms. The van der Waals surface area contributed by atoms with E-state index in [1.807, 2.05) is 0 Å². The smallest absolute Gasteiger partial charge is 0.320 e. The fraction of sp³-hybridized carbons (Fsp3) is 0.706. The van der Waals surface area contributed by atoms with Crippen molar-refractivity contribution in [3.63, 3.8) is 0 Å². The van der Waals surface area contributed by atoms with E-state index in [-0.39, 0.29) is 11.5 Å². The summed E-state index contributed by atoms with van der Waals surface area (Å²) in [4.78, 5) is 16.3. The maximum absolute atomic E-state index is 11.5. The molecule has 2 fully saturated rings. The number of carboxylic acid groups (broad SMARTS) is 1. The highest BCUT2D eigenvalue weighted by Crippen LogP contribution is 2.43. The Labute approximate surface area is 136 Å². The van der Waals surface area contributed by atoms with Crippen LogP contribution in [0.4, 0.5) is 0 Å². The zero-order valence-electron chi connectivity index (χ0n) is 13.3. The van der Waals surface area contributed by atoms with Crippen LogP contribution >= 0.6 is 11.3 Å². The Morgan fingerprint density at radius 2 is 2.23 bits per heavy atom. The summed E-state index contributed by atoms with van der Waals surface area (Å²) in [6, 6.07) is 1.94. The molecule has 2 saturated heterocycles. The van der Waals surface area contributed by atoms with Crippen LogP contribution in [0.5, 0.6) is 0 Å².